The summed E-state index contributed by atoms with van der Waals surface area (Å²) in [5, 5.41) is 5.58. The summed E-state index contributed by atoms with van der Waals surface area (Å²) in [6.07, 6.45) is 0. The Morgan fingerprint density at radius 2 is 2.27 bits per heavy atom. The van der Waals surface area contributed by atoms with Gasteiger partial charge in [-0.05, 0) is 13.8 Å². The third kappa shape index (κ3) is 3.09. The molecule has 86 valence electrons. The van der Waals surface area contributed by atoms with E-state index < -0.39 is 12.1 Å². The number of nitrogens with one attached hydrogen (secondary N) is 2. The molecule has 1 heterocycles. The monoisotopic (exact) mass is 214 g/mol. The molecule has 0 radical (unpaired) electrons. The lowest BCUT2D eigenvalue weighted by Gasteiger charge is -2.35. The topological polar surface area (TPSA) is 87.5 Å². The fourth-order valence-corrected chi connectivity index (χ4v) is 1.69. The second-order valence-electron chi connectivity index (χ2n) is 3.82. The molecule has 0 aliphatic carbocycles. The van der Waals surface area contributed by atoms with Crippen molar-refractivity contribution in [1.82, 2.24) is 15.5 Å². The Hall–Kier alpha value is -1.30. The van der Waals surface area contributed by atoms with E-state index >= 15 is 0 Å². The molecule has 1 saturated heterocycles. The van der Waals surface area contributed by atoms with Crippen LogP contribution >= 0.6 is 0 Å². The highest BCUT2D eigenvalue weighted by atomic mass is 16.2. The van der Waals surface area contributed by atoms with Crippen LogP contribution in [0.1, 0.15) is 13.8 Å². The van der Waals surface area contributed by atoms with Gasteiger partial charge in [-0.3, -0.25) is 4.79 Å². The van der Waals surface area contributed by atoms with Crippen LogP contribution in [0.2, 0.25) is 0 Å². The third-order valence-corrected chi connectivity index (χ3v) is 2.51. The van der Waals surface area contributed by atoms with E-state index in [-0.39, 0.29) is 11.9 Å². The number of hydrogen-bond acceptors (Lipinski definition) is 3. The van der Waals surface area contributed by atoms with Gasteiger partial charge in [0.15, 0.2) is 0 Å². The van der Waals surface area contributed by atoms with Gasteiger partial charge in [0.25, 0.3) is 0 Å². The van der Waals surface area contributed by atoms with Crippen LogP contribution in [0.5, 0.6) is 0 Å². The fourth-order valence-electron chi connectivity index (χ4n) is 1.69. The predicted octanol–water partition coefficient (Wildman–Crippen LogP) is -1.14. The van der Waals surface area contributed by atoms with Crippen molar-refractivity contribution in [2.75, 3.05) is 19.6 Å². The Kier molecular flexibility index (Phi) is 3.90. The first-order valence-electron chi connectivity index (χ1n) is 5.09. The molecule has 0 aromatic carbocycles. The van der Waals surface area contributed by atoms with Crippen molar-refractivity contribution in [3.05, 3.63) is 0 Å². The summed E-state index contributed by atoms with van der Waals surface area (Å²) in [7, 11) is 0. The molecule has 1 fully saturated rings. The minimum Gasteiger partial charge on any atom is -0.352 e. The van der Waals surface area contributed by atoms with Gasteiger partial charge in [-0.1, -0.05) is 0 Å². The molecular formula is C9H18N4O2. The minimum absolute atomic E-state index is 0.0807. The van der Waals surface area contributed by atoms with Crippen LogP contribution in [0.15, 0.2) is 0 Å². The van der Waals surface area contributed by atoms with Crippen molar-refractivity contribution < 1.29 is 9.59 Å². The molecule has 3 amide bonds. The SMILES string of the molecule is CC(NC(N)=O)C(=O)N1CCNCC1C. The van der Waals surface area contributed by atoms with Crippen LogP contribution in [0.3, 0.4) is 0 Å². The zero-order valence-electron chi connectivity index (χ0n) is 9.12. The Morgan fingerprint density at radius 3 is 2.80 bits per heavy atom. The molecule has 4 N–H and O–H groups in total. The third-order valence-electron chi connectivity index (χ3n) is 2.51. The highest BCUT2D eigenvalue weighted by Crippen LogP contribution is 2.04. The normalized spacial score (nSPS) is 23.3. The van der Waals surface area contributed by atoms with Crippen molar-refractivity contribution in [2.45, 2.75) is 25.9 Å². The lowest BCUT2D eigenvalue weighted by Crippen LogP contribution is -2.57. The number of primary amides is 1. The van der Waals surface area contributed by atoms with Gasteiger partial charge >= 0.3 is 6.03 Å². The van der Waals surface area contributed by atoms with E-state index in [1.807, 2.05) is 6.92 Å². The van der Waals surface area contributed by atoms with E-state index in [1.165, 1.54) is 0 Å². The van der Waals surface area contributed by atoms with Gasteiger partial charge < -0.3 is 21.3 Å². The number of rotatable bonds is 2. The molecule has 0 bridgehead atoms. The average molecular weight is 214 g/mol. The van der Waals surface area contributed by atoms with Gasteiger partial charge in [0.1, 0.15) is 6.04 Å². The smallest absolute Gasteiger partial charge is 0.312 e. The molecular weight excluding hydrogens is 196 g/mol. The van der Waals surface area contributed by atoms with Crippen LogP contribution in [0.25, 0.3) is 0 Å². The van der Waals surface area contributed by atoms with Crippen molar-refractivity contribution in [2.24, 2.45) is 5.73 Å². The van der Waals surface area contributed by atoms with Crippen LogP contribution in [-0.4, -0.2) is 48.6 Å². The van der Waals surface area contributed by atoms with Gasteiger partial charge in [0.2, 0.25) is 5.91 Å². The molecule has 1 rings (SSSR count). The molecule has 2 atom stereocenters. The van der Waals surface area contributed by atoms with Gasteiger partial charge in [-0.15, -0.1) is 0 Å². The van der Waals surface area contributed by atoms with Gasteiger partial charge in [0, 0.05) is 25.7 Å². The Balaban J connectivity index is 2.54. The van der Waals surface area contributed by atoms with Crippen LogP contribution in [0.4, 0.5) is 4.79 Å². The van der Waals surface area contributed by atoms with Crippen LogP contribution in [-0.2, 0) is 4.79 Å². The maximum atomic E-state index is 11.9. The molecule has 0 aromatic heterocycles. The van der Waals surface area contributed by atoms with Crippen molar-refractivity contribution >= 4 is 11.9 Å². The second-order valence-corrected chi connectivity index (χ2v) is 3.82. The number of carbonyl (C=O) groups is 2. The number of piperazine rings is 1. The first-order valence-corrected chi connectivity index (χ1v) is 5.09. The summed E-state index contributed by atoms with van der Waals surface area (Å²) >= 11 is 0. The van der Waals surface area contributed by atoms with E-state index in [0.29, 0.717) is 6.54 Å². The van der Waals surface area contributed by atoms with E-state index in [0.717, 1.165) is 13.1 Å². The zero-order valence-corrected chi connectivity index (χ0v) is 9.12. The molecule has 0 aromatic rings. The number of urea groups is 1. The molecule has 0 saturated carbocycles. The predicted molar refractivity (Wildman–Crippen MR) is 56.2 cm³/mol. The standard InChI is InChI=1S/C9H18N4O2/c1-6-5-11-3-4-13(6)8(14)7(2)12-9(10)15/h6-7,11H,3-5H2,1-2H3,(H3,10,12,15). The number of nitrogens with zero attached hydrogens (tertiary/aromatic N) is 1. The van der Waals surface area contributed by atoms with Crippen molar-refractivity contribution in [3.63, 3.8) is 0 Å². The Morgan fingerprint density at radius 1 is 1.60 bits per heavy atom. The summed E-state index contributed by atoms with van der Waals surface area (Å²) in [5.41, 5.74) is 4.96. The highest BCUT2D eigenvalue weighted by Gasteiger charge is 2.27. The molecule has 6 nitrogen and oxygen atoms in total. The van der Waals surface area contributed by atoms with E-state index in [1.54, 1.807) is 11.8 Å². The fraction of sp³-hybridized carbons (Fsp3) is 0.778. The van der Waals surface area contributed by atoms with Crippen LogP contribution < -0.4 is 16.4 Å². The second kappa shape index (κ2) is 4.97. The minimum atomic E-state index is -0.668. The van der Waals surface area contributed by atoms with Gasteiger partial charge in [-0.2, -0.15) is 0 Å². The van der Waals surface area contributed by atoms with Crippen LogP contribution in [0, 0.1) is 0 Å². The quantitative estimate of drug-likeness (QED) is 0.543. The van der Waals surface area contributed by atoms with Gasteiger partial charge in [-0.25, -0.2) is 4.79 Å². The Bertz CT molecular complexity index is 256. The largest absolute Gasteiger partial charge is 0.352 e. The van der Waals surface area contributed by atoms with E-state index in [4.69, 9.17) is 5.73 Å². The first-order chi connectivity index (χ1) is 7.02. The summed E-state index contributed by atoms with van der Waals surface area (Å²) in [6, 6.07) is -1.06. The maximum Gasteiger partial charge on any atom is 0.312 e. The van der Waals surface area contributed by atoms with E-state index in [9.17, 15) is 9.59 Å². The lowest BCUT2D eigenvalue weighted by atomic mass is 10.2. The lowest BCUT2D eigenvalue weighted by molar-refractivity contribution is -0.135. The molecule has 2 unspecified atom stereocenters. The zero-order chi connectivity index (χ0) is 11.4. The Labute approximate surface area is 89.2 Å². The number of hydrogen-bond donors (Lipinski definition) is 3. The number of amides is 3. The first kappa shape index (κ1) is 11.8. The maximum absolute atomic E-state index is 11.9. The van der Waals surface area contributed by atoms with Crippen molar-refractivity contribution in [3.8, 4) is 0 Å². The number of nitrogens with two attached hydrogens (primary N) is 1. The molecule has 15 heavy (non-hydrogen) atoms. The summed E-state index contributed by atoms with van der Waals surface area (Å²) in [4.78, 5) is 24.2. The molecule has 6 heteroatoms. The summed E-state index contributed by atoms with van der Waals surface area (Å²) < 4.78 is 0. The molecule has 1 aliphatic rings. The van der Waals surface area contributed by atoms with E-state index in [2.05, 4.69) is 10.6 Å². The van der Waals surface area contributed by atoms with Crippen molar-refractivity contribution in [1.29, 1.82) is 0 Å². The average Bonchev–Trinajstić information content (AvgIpc) is 2.16. The molecule has 0 spiro atoms. The van der Waals surface area contributed by atoms with Gasteiger partial charge in [0.05, 0.1) is 0 Å². The molecule has 1 aliphatic heterocycles. The summed E-state index contributed by atoms with van der Waals surface area (Å²) in [6.45, 7) is 5.86. The summed E-state index contributed by atoms with van der Waals surface area (Å²) in [5.74, 6) is -0.0807. The number of carbonyl (C=O) groups excluding carboxylic acids is 2. The highest BCUT2D eigenvalue weighted by molar-refractivity contribution is 5.86.